The molecule has 1 atom stereocenters. The van der Waals surface area contributed by atoms with Crippen LogP contribution in [-0.2, 0) is 18.9 Å². The summed E-state index contributed by atoms with van der Waals surface area (Å²) in [5.41, 5.74) is 3.87. The van der Waals surface area contributed by atoms with Crippen LogP contribution >= 0.6 is 18.7 Å². The Labute approximate surface area is 415 Å². The number of ether oxygens (including phenoxy) is 2. The number of amides is 4. The molecule has 5 aliphatic rings. The summed E-state index contributed by atoms with van der Waals surface area (Å²) in [6.45, 7) is 13.0. The quantitative estimate of drug-likeness (QED) is 0.0512. The van der Waals surface area contributed by atoms with Crippen molar-refractivity contribution in [2.75, 3.05) is 106 Å². The highest BCUT2D eigenvalue weighted by Crippen LogP contribution is 2.40. The third-order valence-electron chi connectivity index (χ3n) is 14.3. The number of aromatic nitrogens is 2. The lowest BCUT2D eigenvalue weighted by Gasteiger charge is -2.43. The zero-order valence-corrected chi connectivity index (χ0v) is 42.0. The molecule has 0 saturated carbocycles. The second kappa shape index (κ2) is 21.8. The molecule has 70 heavy (non-hydrogen) atoms. The number of rotatable bonds is 19. The van der Waals surface area contributed by atoms with E-state index in [1.165, 1.54) is 19.3 Å². The van der Waals surface area contributed by atoms with Gasteiger partial charge >= 0.3 is 0 Å². The van der Waals surface area contributed by atoms with Crippen molar-refractivity contribution >= 4 is 82.2 Å². The van der Waals surface area contributed by atoms with Crippen LogP contribution in [0.5, 0.6) is 5.75 Å². The monoisotopic (exact) mass is 994 g/mol. The Hall–Kier alpha value is -5.58. The van der Waals surface area contributed by atoms with Gasteiger partial charge in [0.25, 0.3) is 11.8 Å². The van der Waals surface area contributed by atoms with Gasteiger partial charge in [-0.05, 0) is 88.4 Å². The number of hydrogen-bond donors (Lipinski definition) is 3. The molecule has 4 saturated heterocycles. The smallest absolute Gasteiger partial charge is 0.264 e. The SMILES string of the molecule is COc1cc(N2CCC(N3CCN(CCCCCCCOC4CN(c5cccc6c5C(=O)N(C5CCC(=O)NC5=O)C6=O)C4)CC3)CC2)ccc1Nc1ncc(Cl)c(Nc2ccccc2P(C)(C)=O)n1. The molecule has 3 N–H and O–H groups in total. The molecule has 17 nitrogen and oxygen atoms in total. The van der Waals surface area contributed by atoms with Crippen LogP contribution in [0.3, 0.4) is 0 Å². The summed E-state index contributed by atoms with van der Waals surface area (Å²) >= 11 is 6.50. The molecule has 0 aliphatic carbocycles. The Bertz CT molecular complexity index is 2630. The molecule has 19 heteroatoms. The van der Waals surface area contributed by atoms with E-state index in [0.717, 1.165) is 93.1 Å². The second-order valence-corrected chi connectivity index (χ2v) is 22.9. The molecule has 0 spiro atoms. The van der Waals surface area contributed by atoms with E-state index in [9.17, 15) is 23.7 Å². The molecule has 0 radical (unpaired) electrons. The van der Waals surface area contributed by atoms with Crippen LogP contribution in [0.2, 0.25) is 5.02 Å². The molecule has 4 amide bonds. The number of piperidine rings is 2. The maximum absolute atomic E-state index is 13.5. The number of anilines is 6. The number of nitrogens with one attached hydrogen (secondary N) is 3. The summed E-state index contributed by atoms with van der Waals surface area (Å²) in [5.74, 6) is -0.510. The van der Waals surface area contributed by atoms with Crippen molar-refractivity contribution in [3.63, 3.8) is 0 Å². The van der Waals surface area contributed by atoms with Crippen molar-refractivity contribution in [3.8, 4) is 5.75 Å². The van der Waals surface area contributed by atoms with E-state index < -0.39 is 30.9 Å². The van der Waals surface area contributed by atoms with Gasteiger partial charge in [-0.3, -0.25) is 34.3 Å². The van der Waals surface area contributed by atoms with Gasteiger partial charge in [-0.1, -0.05) is 49.1 Å². The number of carbonyl (C=O) groups excluding carboxylic acids is 4. The van der Waals surface area contributed by atoms with E-state index in [0.29, 0.717) is 70.8 Å². The Morgan fingerprint density at radius 2 is 1.57 bits per heavy atom. The van der Waals surface area contributed by atoms with E-state index in [2.05, 4.69) is 57.7 Å². The number of unbranched alkanes of at least 4 members (excludes halogenated alkanes) is 4. The highest BCUT2D eigenvalue weighted by Gasteiger charge is 2.47. The van der Waals surface area contributed by atoms with E-state index >= 15 is 0 Å². The second-order valence-electron chi connectivity index (χ2n) is 19.3. The first-order valence-corrected chi connectivity index (χ1v) is 27.6. The van der Waals surface area contributed by atoms with Gasteiger partial charge in [-0.25, -0.2) is 4.98 Å². The zero-order chi connectivity index (χ0) is 48.9. The number of imide groups is 2. The number of halogens is 1. The normalized spacial score (nSPS) is 19.6. The van der Waals surface area contributed by atoms with Crippen molar-refractivity contribution in [2.45, 2.75) is 76.0 Å². The van der Waals surface area contributed by atoms with E-state index in [4.69, 9.17) is 21.1 Å². The molecule has 3 aromatic carbocycles. The van der Waals surface area contributed by atoms with Crippen LogP contribution in [0.15, 0.2) is 66.9 Å². The highest BCUT2D eigenvalue weighted by molar-refractivity contribution is 7.70. The van der Waals surface area contributed by atoms with Gasteiger partial charge in [-0.15, -0.1) is 0 Å². The van der Waals surface area contributed by atoms with Gasteiger partial charge < -0.3 is 39.4 Å². The molecule has 1 unspecified atom stereocenters. The minimum atomic E-state index is -2.55. The molecule has 4 aromatic rings. The van der Waals surface area contributed by atoms with Crippen molar-refractivity contribution in [2.24, 2.45) is 0 Å². The van der Waals surface area contributed by atoms with E-state index in [-0.39, 0.29) is 24.9 Å². The van der Waals surface area contributed by atoms with Gasteiger partial charge in [0.15, 0.2) is 5.82 Å². The Morgan fingerprint density at radius 3 is 2.33 bits per heavy atom. The predicted molar refractivity (Wildman–Crippen MR) is 274 cm³/mol. The van der Waals surface area contributed by atoms with Gasteiger partial charge in [0.05, 0.1) is 47.6 Å². The number of carbonyl (C=O) groups is 4. The molecule has 372 valence electrons. The number of fused-ring (bicyclic) bond motifs is 1. The molecule has 5 aliphatic heterocycles. The minimum Gasteiger partial charge on any atom is -0.494 e. The van der Waals surface area contributed by atoms with Crippen LogP contribution in [0.25, 0.3) is 0 Å². The first-order valence-electron chi connectivity index (χ1n) is 24.7. The number of methoxy groups -OCH3 is 1. The number of piperazine rings is 1. The van der Waals surface area contributed by atoms with Gasteiger partial charge in [-0.2, -0.15) is 4.98 Å². The summed E-state index contributed by atoms with van der Waals surface area (Å²) in [6, 6.07) is 18.5. The maximum atomic E-state index is 13.5. The van der Waals surface area contributed by atoms with Crippen LogP contribution in [0, 0.1) is 0 Å². The first-order chi connectivity index (χ1) is 33.8. The van der Waals surface area contributed by atoms with Gasteiger partial charge in [0.2, 0.25) is 17.8 Å². The number of para-hydroxylation sites is 1. The minimum absolute atomic E-state index is 0.0689. The largest absolute Gasteiger partial charge is 0.494 e. The summed E-state index contributed by atoms with van der Waals surface area (Å²) in [7, 11) is -0.881. The fourth-order valence-electron chi connectivity index (χ4n) is 10.4. The molecule has 0 bridgehead atoms. The number of hydrogen-bond acceptors (Lipinski definition) is 15. The van der Waals surface area contributed by atoms with Gasteiger partial charge in [0, 0.05) is 88.5 Å². The first kappa shape index (κ1) is 49.4. The third-order valence-corrected chi connectivity index (χ3v) is 16.1. The molecule has 6 heterocycles. The van der Waals surface area contributed by atoms with Crippen molar-refractivity contribution in [1.82, 2.24) is 30.0 Å². The topological polar surface area (TPSA) is 182 Å². The standard InChI is InChI=1S/C51H64ClN10O7P/c1-68-43-30-35(16-17-39(43)55-51-53-31-38(52)47(57-51)54-40-13-7-8-15-44(40)70(2,3)67)59-23-20-34(21-24-59)60-27-25-58(26-28-60)22-9-5-4-6-10-29-69-36-32-61(33-36)41-14-11-12-37-46(41)50(66)62(49(37)65)42-18-19-45(63)56-48(42)64/h7-8,11-17,30-31,34,36,42H,4-6,9-10,18-29,32-33H2,1-3H3,(H,56,63,64)(H2,53,54,55,57). The Balaban J connectivity index is 0.639. The molecule has 9 rings (SSSR count). The van der Waals surface area contributed by atoms with Crippen LogP contribution < -0.4 is 35.8 Å². The zero-order valence-electron chi connectivity index (χ0n) is 40.3. The van der Waals surface area contributed by atoms with E-state index in [1.807, 2.05) is 36.4 Å². The fraction of sp³-hybridized carbons (Fsp3) is 0.490. The van der Waals surface area contributed by atoms with Gasteiger partial charge in [0.1, 0.15) is 24.0 Å². The lowest BCUT2D eigenvalue weighted by molar-refractivity contribution is -0.136. The fourth-order valence-corrected chi connectivity index (χ4v) is 11.6. The summed E-state index contributed by atoms with van der Waals surface area (Å²) in [5, 5.41) is 9.88. The Kier molecular flexibility index (Phi) is 15.4. The predicted octanol–water partition coefficient (Wildman–Crippen LogP) is 6.72. The lowest BCUT2D eigenvalue weighted by atomic mass is 10.0. The van der Waals surface area contributed by atoms with Crippen molar-refractivity contribution < 1.29 is 33.2 Å². The summed E-state index contributed by atoms with van der Waals surface area (Å²) in [4.78, 5) is 70.7. The summed E-state index contributed by atoms with van der Waals surface area (Å²) < 4.78 is 24.9. The van der Waals surface area contributed by atoms with Crippen LogP contribution in [0.4, 0.5) is 34.5 Å². The number of nitrogens with zero attached hydrogens (tertiary/aromatic N) is 7. The Morgan fingerprint density at radius 1 is 0.814 bits per heavy atom. The molecular formula is C51H64ClN10O7P. The van der Waals surface area contributed by atoms with Crippen LogP contribution in [0.1, 0.15) is 78.5 Å². The molecule has 1 aromatic heterocycles. The van der Waals surface area contributed by atoms with Crippen molar-refractivity contribution in [1.29, 1.82) is 0 Å². The van der Waals surface area contributed by atoms with E-state index in [1.54, 1.807) is 38.8 Å². The molecule has 4 fully saturated rings. The molecular weight excluding hydrogens is 931 g/mol. The average Bonchev–Trinajstić information content (AvgIpc) is 3.60. The average molecular weight is 996 g/mol. The maximum Gasteiger partial charge on any atom is 0.264 e. The van der Waals surface area contributed by atoms with Crippen LogP contribution in [-0.4, -0.2) is 152 Å². The lowest BCUT2D eigenvalue weighted by Crippen LogP contribution is -2.54. The van der Waals surface area contributed by atoms with Crippen molar-refractivity contribution in [3.05, 3.63) is 83.0 Å². The number of benzene rings is 3. The highest BCUT2D eigenvalue weighted by atomic mass is 35.5. The third kappa shape index (κ3) is 11.1. The summed E-state index contributed by atoms with van der Waals surface area (Å²) in [6.07, 6.45) is 9.85.